The van der Waals surface area contributed by atoms with Gasteiger partial charge in [0.1, 0.15) is 5.75 Å². The van der Waals surface area contributed by atoms with E-state index in [0.717, 1.165) is 28.3 Å². The first kappa shape index (κ1) is 32.3. The topological polar surface area (TPSA) is 120 Å². The molecule has 2 heterocycles. The van der Waals surface area contributed by atoms with Crippen LogP contribution in [-0.2, 0) is 11.3 Å². The molecule has 244 valence electrons. The number of rotatable bonds is 12. The van der Waals surface area contributed by atoms with Gasteiger partial charge in [-0.15, -0.1) is 10.2 Å². The van der Waals surface area contributed by atoms with Crippen LogP contribution in [0.15, 0.2) is 113 Å². The summed E-state index contributed by atoms with van der Waals surface area (Å²) in [4.78, 5) is 26.8. The molecule has 6 rings (SSSR count). The molecule has 0 fully saturated rings. The van der Waals surface area contributed by atoms with E-state index < -0.39 is 6.04 Å². The number of amides is 2. The number of nitrogens with one attached hydrogen (secondary N) is 1. The molecule has 1 atom stereocenters. The van der Waals surface area contributed by atoms with Gasteiger partial charge >= 0.3 is 0 Å². The van der Waals surface area contributed by atoms with E-state index in [0.29, 0.717) is 34.5 Å². The number of carbonyl (C=O) groups is 2. The molecule has 0 unspecified atom stereocenters. The van der Waals surface area contributed by atoms with Crippen molar-refractivity contribution in [2.45, 2.75) is 24.2 Å². The standard InChI is InChI=1S/C36H34N6O5S/c1-45-27-19-17-24(18-20-27)29-21-30(28-15-10-16-31(46-2)34(28)47-3)42(40-29)33(43)23-48-36-39-38-32(41(36)26-13-8-5-9-14-26)22-37-35(44)25-11-6-4-7-12-25/h4-20,30H,21-23H2,1-3H3,(H,37,44)/t30-/m0/s1. The second kappa shape index (κ2) is 14.9. The molecule has 12 heteroatoms. The van der Waals surface area contributed by atoms with Crippen LogP contribution in [-0.4, -0.2) is 64.4 Å². The second-order valence-electron chi connectivity index (χ2n) is 10.7. The van der Waals surface area contributed by atoms with Gasteiger partial charge in [-0.2, -0.15) is 5.10 Å². The quantitative estimate of drug-likeness (QED) is 0.169. The summed E-state index contributed by atoms with van der Waals surface area (Å²) in [6.45, 7) is 0.142. The van der Waals surface area contributed by atoms with Crippen LogP contribution in [0, 0.1) is 0 Å². The van der Waals surface area contributed by atoms with Gasteiger partial charge in [0.25, 0.3) is 11.8 Å². The van der Waals surface area contributed by atoms with Crippen molar-refractivity contribution in [3.8, 4) is 22.9 Å². The molecule has 4 aromatic carbocycles. The van der Waals surface area contributed by atoms with Crippen molar-refractivity contribution in [1.29, 1.82) is 0 Å². The van der Waals surface area contributed by atoms with Gasteiger partial charge in [0.2, 0.25) is 0 Å². The van der Waals surface area contributed by atoms with Crippen molar-refractivity contribution in [2.24, 2.45) is 5.10 Å². The number of ether oxygens (including phenoxy) is 3. The number of carbonyl (C=O) groups excluding carboxylic acids is 2. The van der Waals surface area contributed by atoms with E-state index in [1.165, 1.54) is 16.8 Å². The highest BCUT2D eigenvalue weighted by Crippen LogP contribution is 2.42. The van der Waals surface area contributed by atoms with E-state index in [1.54, 1.807) is 33.5 Å². The minimum Gasteiger partial charge on any atom is -0.497 e. The van der Waals surface area contributed by atoms with Crippen molar-refractivity contribution in [1.82, 2.24) is 25.1 Å². The second-order valence-corrected chi connectivity index (χ2v) is 11.7. The summed E-state index contributed by atoms with van der Waals surface area (Å²) in [6.07, 6.45) is 0.470. The van der Waals surface area contributed by atoms with Crippen LogP contribution in [0.2, 0.25) is 0 Å². The van der Waals surface area contributed by atoms with Gasteiger partial charge < -0.3 is 19.5 Å². The fourth-order valence-electron chi connectivity index (χ4n) is 5.50. The van der Waals surface area contributed by atoms with Crippen LogP contribution < -0.4 is 19.5 Å². The minimum absolute atomic E-state index is 0.0313. The number of para-hydroxylation sites is 2. The summed E-state index contributed by atoms with van der Waals surface area (Å²) in [5, 5.41) is 18.6. The Balaban J connectivity index is 1.27. The number of hydrazone groups is 1. The molecule has 0 aliphatic carbocycles. The Kier molecular flexibility index (Phi) is 10.0. The van der Waals surface area contributed by atoms with E-state index >= 15 is 0 Å². The van der Waals surface area contributed by atoms with Crippen molar-refractivity contribution in [3.05, 3.63) is 126 Å². The summed E-state index contributed by atoms with van der Waals surface area (Å²) in [7, 11) is 4.78. The van der Waals surface area contributed by atoms with Crippen molar-refractivity contribution in [2.75, 3.05) is 27.1 Å². The predicted molar refractivity (Wildman–Crippen MR) is 183 cm³/mol. The summed E-state index contributed by atoms with van der Waals surface area (Å²) in [6, 6.07) is 31.4. The predicted octanol–water partition coefficient (Wildman–Crippen LogP) is 5.69. The monoisotopic (exact) mass is 662 g/mol. The van der Waals surface area contributed by atoms with Gasteiger partial charge in [-0.05, 0) is 60.2 Å². The summed E-state index contributed by atoms with van der Waals surface area (Å²) >= 11 is 1.25. The number of hydrogen-bond acceptors (Lipinski definition) is 9. The molecule has 0 saturated heterocycles. The first-order valence-electron chi connectivity index (χ1n) is 15.2. The Labute approximate surface area is 282 Å². The average molecular weight is 663 g/mol. The third-order valence-corrected chi connectivity index (χ3v) is 8.78. The average Bonchev–Trinajstić information content (AvgIpc) is 3.78. The van der Waals surface area contributed by atoms with E-state index in [4.69, 9.17) is 19.3 Å². The molecule has 1 aliphatic rings. The van der Waals surface area contributed by atoms with Crippen molar-refractivity contribution < 1.29 is 23.8 Å². The molecule has 2 amide bonds. The van der Waals surface area contributed by atoms with Crippen LogP contribution in [0.5, 0.6) is 17.2 Å². The van der Waals surface area contributed by atoms with Crippen molar-refractivity contribution >= 4 is 29.3 Å². The van der Waals surface area contributed by atoms with Gasteiger partial charge in [-0.3, -0.25) is 14.2 Å². The fourth-order valence-corrected chi connectivity index (χ4v) is 6.33. The van der Waals surface area contributed by atoms with Crippen LogP contribution in [0.1, 0.15) is 39.8 Å². The zero-order chi connectivity index (χ0) is 33.5. The van der Waals surface area contributed by atoms with Gasteiger partial charge in [-0.25, -0.2) is 5.01 Å². The molecule has 0 spiro atoms. The van der Waals surface area contributed by atoms with Crippen LogP contribution in [0.3, 0.4) is 0 Å². The SMILES string of the molecule is COc1ccc(C2=NN(C(=O)CSc3nnc(CNC(=O)c4ccccc4)n3-c3ccccc3)[C@H](c3cccc(OC)c3OC)C2)cc1. The number of thioether (sulfide) groups is 1. The lowest BCUT2D eigenvalue weighted by Crippen LogP contribution is -2.29. The zero-order valence-corrected chi connectivity index (χ0v) is 27.5. The Morgan fingerprint density at radius 3 is 2.25 bits per heavy atom. The van der Waals surface area contributed by atoms with Gasteiger partial charge in [0, 0.05) is 23.2 Å². The summed E-state index contributed by atoms with van der Waals surface area (Å²) < 4.78 is 18.5. The lowest BCUT2D eigenvalue weighted by atomic mass is 9.97. The van der Waals surface area contributed by atoms with E-state index in [2.05, 4.69) is 15.5 Å². The minimum atomic E-state index is -0.434. The highest BCUT2D eigenvalue weighted by molar-refractivity contribution is 7.99. The number of nitrogens with zero attached hydrogens (tertiary/aromatic N) is 5. The first-order chi connectivity index (χ1) is 23.5. The van der Waals surface area contributed by atoms with Gasteiger partial charge in [0.15, 0.2) is 22.5 Å². The molecule has 11 nitrogen and oxygen atoms in total. The van der Waals surface area contributed by atoms with Gasteiger partial charge in [-0.1, -0.05) is 60.3 Å². The molecule has 48 heavy (non-hydrogen) atoms. The van der Waals surface area contributed by atoms with Crippen molar-refractivity contribution in [3.63, 3.8) is 0 Å². The smallest absolute Gasteiger partial charge is 0.253 e. The highest BCUT2D eigenvalue weighted by atomic mass is 32.2. The van der Waals surface area contributed by atoms with E-state index in [1.807, 2.05) is 95.6 Å². The molecule has 5 aromatic rings. The molecule has 0 bridgehead atoms. The normalized spacial score (nSPS) is 13.9. The first-order valence-corrected chi connectivity index (χ1v) is 16.2. The number of hydrogen-bond donors (Lipinski definition) is 1. The molecule has 1 N–H and O–H groups in total. The van der Waals surface area contributed by atoms with Crippen LogP contribution in [0.25, 0.3) is 5.69 Å². The zero-order valence-electron chi connectivity index (χ0n) is 26.7. The maximum atomic E-state index is 14.1. The highest BCUT2D eigenvalue weighted by Gasteiger charge is 2.36. The fraction of sp³-hybridized carbons (Fsp3) is 0.194. The Hall–Kier alpha value is -5.62. The van der Waals surface area contributed by atoms with Gasteiger partial charge in [0.05, 0.1) is 45.4 Å². The lowest BCUT2D eigenvalue weighted by molar-refractivity contribution is -0.130. The maximum Gasteiger partial charge on any atom is 0.253 e. The third-order valence-electron chi connectivity index (χ3n) is 7.86. The van der Waals surface area contributed by atoms with E-state index in [-0.39, 0.29) is 24.1 Å². The van der Waals surface area contributed by atoms with Crippen LogP contribution in [0.4, 0.5) is 0 Å². The molecule has 0 saturated carbocycles. The Bertz CT molecular complexity index is 1910. The van der Waals surface area contributed by atoms with Crippen LogP contribution >= 0.6 is 11.8 Å². The Morgan fingerprint density at radius 2 is 1.56 bits per heavy atom. The molecule has 1 aliphatic heterocycles. The molecular weight excluding hydrogens is 629 g/mol. The summed E-state index contributed by atoms with van der Waals surface area (Å²) in [5.74, 6) is 1.96. The molecular formula is C36H34N6O5S. The Morgan fingerprint density at radius 1 is 0.833 bits per heavy atom. The lowest BCUT2D eigenvalue weighted by Gasteiger charge is -2.24. The summed E-state index contributed by atoms with van der Waals surface area (Å²) in [5.41, 5.74) is 3.78. The largest absolute Gasteiger partial charge is 0.497 e. The number of benzene rings is 4. The number of aromatic nitrogens is 3. The molecule has 0 radical (unpaired) electrons. The maximum absolute atomic E-state index is 14.1. The third kappa shape index (κ3) is 6.88. The van der Waals surface area contributed by atoms with E-state index in [9.17, 15) is 9.59 Å². The molecule has 1 aromatic heterocycles. The number of methoxy groups -OCH3 is 3.